The molecule has 0 bridgehead atoms. The second kappa shape index (κ2) is 11.9. The van der Waals surface area contributed by atoms with E-state index in [0.29, 0.717) is 36.9 Å². The molecule has 0 saturated heterocycles. The third kappa shape index (κ3) is 6.25. The summed E-state index contributed by atoms with van der Waals surface area (Å²) in [6, 6.07) is 14.6. The van der Waals surface area contributed by atoms with Gasteiger partial charge in [0.15, 0.2) is 0 Å². The third-order valence-corrected chi connectivity index (χ3v) is 7.15. The minimum atomic E-state index is -0.288. The van der Waals surface area contributed by atoms with E-state index in [9.17, 15) is 4.79 Å². The Morgan fingerprint density at radius 1 is 1.00 bits per heavy atom. The van der Waals surface area contributed by atoms with E-state index < -0.39 is 0 Å². The first-order valence-electron chi connectivity index (χ1n) is 13.2. The maximum absolute atomic E-state index is 15.0. The van der Waals surface area contributed by atoms with Gasteiger partial charge in [-0.25, -0.2) is 4.39 Å². The Bertz CT molecular complexity index is 1360. The quantitative estimate of drug-likeness (QED) is 0.233. The van der Waals surface area contributed by atoms with Crippen LogP contribution in [0.15, 0.2) is 60.7 Å². The van der Waals surface area contributed by atoms with Crippen molar-refractivity contribution in [3.8, 4) is 28.4 Å². The smallest absolute Gasteiger partial charge is 0.306 e. The summed E-state index contributed by atoms with van der Waals surface area (Å²) in [6.07, 6.45) is 5.28. The number of aryl methyl sites for hydroxylation is 2. The zero-order chi connectivity index (χ0) is 27.4. The molecular formula is C32H33FO6. The highest BCUT2D eigenvalue weighted by Gasteiger charge is 2.27. The van der Waals surface area contributed by atoms with Gasteiger partial charge < -0.3 is 23.7 Å². The summed E-state index contributed by atoms with van der Waals surface area (Å²) in [5.74, 6) is 1.53. The fourth-order valence-electron chi connectivity index (χ4n) is 5.13. The fourth-order valence-corrected chi connectivity index (χ4v) is 5.13. The molecule has 0 radical (unpaired) electrons. The van der Waals surface area contributed by atoms with Crippen molar-refractivity contribution in [3.63, 3.8) is 0 Å². The summed E-state index contributed by atoms with van der Waals surface area (Å²) in [5.41, 5.74) is 5.06. The highest BCUT2D eigenvalue weighted by molar-refractivity contribution is 5.73. The highest BCUT2D eigenvalue weighted by atomic mass is 19.1. The number of hydrogen-bond donors (Lipinski definition) is 0. The molecule has 0 N–H and O–H groups in total. The first-order chi connectivity index (χ1) is 18.9. The number of esters is 1. The molecule has 2 heterocycles. The van der Waals surface area contributed by atoms with Crippen LogP contribution in [0.4, 0.5) is 4.39 Å². The van der Waals surface area contributed by atoms with Crippen LogP contribution in [-0.4, -0.2) is 39.0 Å². The lowest BCUT2D eigenvalue weighted by Crippen LogP contribution is -2.23. The first-order valence-corrected chi connectivity index (χ1v) is 13.2. The number of ether oxygens (including phenoxy) is 5. The lowest BCUT2D eigenvalue weighted by Gasteiger charge is -2.20. The van der Waals surface area contributed by atoms with Crippen molar-refractivity contribution in [1.29, 1.82) is 0 Å². The number of benzene rings is 3. The van der Waals surface area contributed by atoms with Gasteiger partial charge in [0.2, 0.25) is 0 Å². The number of methoxy groups -OCH3 is 1. The van der Waals surface area contributed by atoms with E-state index in [4.69, 9.17) is 23.7 Å². The molecule has 2 aliphatic heterocycles. The molecule has 0 aromatic heterocycles. The number of carbonyl (C=O) groups excluding carboxylic acids is 1. The SMILES string of the molecule is COC(=O)C[C@@H]1COc2cc(OCc3ccc(F)c(-c4c(C)cc(OC[C@@H]5CC=CCO5)cc4C)c3)ccc21. The summed E-state index contributed by atoms with van der Waals surface area (Å²) in [4.78, 5) is 11.7. The normalized spacial score (nSPS) is 17.8. The van der Waals surface area contributed by atoms with Crippen LogP contribution in [0, 0.1) is 19.7 Å². The number of fused-ring (bicyclic) bond motifs is 1. The summed E-state index contributed by atoms with van der Waals surface area (Å²) in [7, 11) is 1.38. The van der Waals surface area contributed by atoms with Crippen LogP contribution < -0.4 is 14.2 Å². The number of rotatable bonds is 9. The van der Waals surface area contributed by atoms with Crippen molar-refractivity contribution in [1.82, 2.24) is 0 Å². The summed E-state index contributed by atoms with van der Waals surface area (Å²) < 4.78 is 43.3. The van der Waals surface area contributed by atoms with Crippen LogP contribution >= 0.6 is 0 Å². The van der Waals surface area contributed by atoms with Gasteiger partial charge in [0.05, 0.1) is 32.8 Å². The zero-order valence-corrected chi connectivity index (χ0v) is 22.5. The van der Waals surface area contributed by atoms with Gasteiger partial charge in [-0.1, -0.05) is 24.3 Å². The standard InChI is InChI=1S/C32H33FO6/c1-20-12-26(38-19-25-6-4-5-11-36-25)13-21(2)32(20)28-14-22(7-10-29(28)33)17-37-24-8-9-27-23(15-31(34)35-3)18-39-30(27)16-24/h4-5,7-10,12-14,16,23,25H,6,11,15,17-19H2,1-3H3/t23-,25+/m1/s1. The van der Waals surface area contributed by atoms with Gasteiger partial charge in [0.25, 0.3) is 0 Å². The molecule has 2 atom stereocenters. The topological polar surface area (TPSA) is 63.2 Å². The molecule has 3 aromatic rings. The summed E-state index contributed by atoms with van der Waals surface area (Å²) in [5, 5.41) is 0. The van der Waals surface area contributed by atoms with Crippen molar-refractivity contribution in [2.24, 2.45) is 0 Å². The van der Waals surface area contributed by atoms with Gasteiger partial charge >= 0.3 is 5.97 Å². The van der Waals surface area contributed by atoms with Crippen LogP contribution in [0.25, 0.3) is 11.1 Å². The largest absolute Gasteiger partial charge is 0.492 e. The van der Waals surface area contributed by atoms with Crippen LogP contribution in [0.2, 0.25) is 0 Å². The molecule has 5 rings (SSSR count). The van der Waals surface area contributed by atoms with E-state index in [1.54, 1.807) is 6.07 Å². The second-order valence-corrected chi connectivity index (χ2v) is 10.00. The Labute approximate surface area is 228 Å². The van der Waals surface area contributed by atoms with E-state index >= 15 is 4.39 Å². The van der Waals surface area contributed by atoms with Crippen LogP contribution in [0.1, 0.15) is 41.0 Å². The predicted octanol–water partition coefficient (Wildman–Crippen LogP) is 6.45. The maximum atomic E-state index is 15.0. The monoisotopic (exact) mass is 532 g/mol. The summed E-state index contributed by atoms with van der Waals surface area (Å²) in [6.45, 7) is 5.73. The molecule has 0 amide bonds. The van der Waals surface area contributed by atoms with Crippen molar-refractivity contribution in [2.45, 2.75) is 45.3 Å². The van der Waals surface area contributed by atoms with Crippen molar-refractivity contribution >= 4 is 5.97 Å². The Balaban J connectivity index is 1.27. The molecule has 6 nitrogen and oxygen atoms in total. The van der Waals surface area contributed by atoms with Crippen molar-refractivity contribution < 1.29 is 32.9 Å². The molecule has 204 valence electrons. The number of carbonyl (C=O) groups is 1. The minimum Gasteiger partial charge on any atom is -0.492 e. The third-order valence-electron chi connectivity index (χ3n) is 7.15. The van der Waals surface area contributed by atoms with Gasteiger partial charge in [-0.05, 0) is 72.9 Å². The molecule has 0 saturated carbocycles. The van der Waals surface area contributed by atoms with Crippen LogP contribution in [-0.2, 0) is 20.9 Å². The number of halogens is 1. The first kappa shape index (κ1) is 26.8. The minimum absolute atomic E-state index is 0.0258. The lowest BCUT2D eigenvalue weighted by atomic mass is 9.94. The predicted molar refractivity (Wildman–Crippen MR) is 146 cm³/mol. The van der Waals surface area contributed by atoms with E-state index in [2.05, 4.69) is 6.08 Å². The molecule has 0 fully saturated rings. The molecule has 2 aliphatic rings. The Kier molecular flexibility index (Phi) is 8.17. The van der Waals surface area contributed by atoms with Gasteiger partial charge in [-0.2, -0.15) is 0 Å². The Morgan fingerprint density at radius 2 is 1.82 bits per heavy atom. The van der Waals surface area contributed by atoms with E-state index in [1.807, 2.05) is 56.3 Å². The van der Waals surface area contributed by atoms with Gasteiger partial charge in [0, 0.05) is 23.1 Å². The number of hydrogen-bond acceptors (Lipinski definition) is 6. The van der Waals surface area contributed by atoms with E-state index in [-0.39, 0.29) is 36.8 Å². The van der Waals surface area contributed by atoms with E-state index in [1.165, 1.54) is 13.2 Å². The Morgan fingerprint density at radius 3 is 2.56 bits per heavy atom. The van der Waals surface area contributed by atoms with Crippen molar-refractivity contribution in [3.05, 3.63) is 88.8 Å². The molecule has 0 unspecified atom stereocenters. The molecule has 39 heavy (non-hydrogen) atoms. The van der Waals surface area contributed by atoms with Crippen LogP contribution in [0.3, 0.4) is 0 Å². The maximum Gasteiger partial charge on any atom is 0.306 e. The fraction of sp³-hybridized carbons (Fsp3) is 0.344. The lowest BCUT2D eigenvalue weighted by molar-refractivity contribution is -0.141. The second-order valence-electron chi connectivity index (χ2n) is 10.00. The zero-order valence-electron chi connectivity index (χ0n) is 22.5. The molecule has 0 aliphatic carbocycles. The highest BCUT2D eigenvalue weighted by Crippen LogP contribution is 2.39. The van der Waals surface area contributed by atoms with Crippen molar-refractivity contribution in [2.75, 3.05) is 26.9 Å². The van der Waals surface area contributed by atoms with Crippen LogP contribution in [0.5, 0.6) is 17.2 Å². The molecular weight excluding hydrogens is 499 g/mol. The van der Waals surface area contributed by atoms with Gasteiger partial charge in [-0.15, -0.1) is 0 Å². The Hall–Kier alpha value is -3.84. The molecule has 0 spiro atoms. The molecule has 3 aromatic carbocycles. The molecule has 7 heteroatoms. The summed E-state index contributed by atoms with van der Waals surface area (Å²) >= 11 is 0. The average molecular weight is 533 g/mol. The average Bonchev–Trinajstić information content (AvgIpc) is 3.34. The van der Waals surface area contributed by atoms with Gasteiger partial charge in [-0.3, -0.25) is 4.79 Å². The van der Waals surface area contributed by atoms with Gasteiger partial charge in [0.1, 0.15) is 36.3 Å². The van der Waals surface area contributed by atoms with E-state index in [0.717, 1.165) is 40.0 Å².